The molecule has 0 saturated heterocycles. The molecule has 0 aliphatic rings. The number of nitrogens with zero attached hydrogens (tertiary/aromatic N) is 3. The summed E-state index contributed by atoms with van der Waals surface area (Å²) in [5.74, 6) is 0.976. The van der Waals surface area contributed by atoms with E-state index < -0.39 is 12.7 Å². The molecule has 2 N–H and O–H groups in total. The fourth-order valence-corrected chi connectivity index (χ4v) is 2.38. The van der Waals surface area contributed by atoms with Gasteiger partial charge in [0.15, 0.2) is 6.19 Å². The number of hydrogen-bond acceptors (Lipinski definition) is 4. The molecule has 0 atom stereocenters. The van der Waals surface area contributed by atoms with Gasteiger partial charge in [0.1, 0.15) is 6.54 Å². The predicted octanol–water partition coefficient (Wildman–Crippen LogP) is 2.55. The summed E-state index contributed by atoms with van der Waals surface area (Å²) in [4.78, 5) is 7.38. The minimum absolute atomic E-state index is 0.198. The number of alkyl halides is 3. The van der Waals surface area contributed by atoms with E-state index in [0.717, 1.165) is 5.69 Å². The second kappa shape index (κ2) is 9.38. The molecule has 0 radical (unpaired) electrons. The van der Waals surface area contributed by atoms with Gasteiger partial charge in [-0.15, -0.1) is 0 Å². The van der Waals surface area contributed by atoms with Crippen molar-refractivity contribution in [2.45, 2.75) is 11.9 Å². The first-order valence-corrected chi connectivity index (χ1v) is 7.63. The summed E-state index contributed by atoms with van der Waals surface area (Å²) in [6.07, 6.45) is -1.24. The second-order valence-electron chi connectivity index (χ2n) is 3.93. The molecule has 5 nitrogen and oxygen atoms in total. The van der Waals surface area contributed by atoms with E-state index in [9.17, 15) is 13.2 Å². The van der Waals surface area contributed by atoms with Crippen LogP contribution in [-0.4, -0.2) is 36.0 Å². The van der Waals surface area contributed by atoms with Crippen LogP contribution in [0.2, 0.25) is 5.02 Å². The Balaban J connectivity index is 2.32. The smallest absolute Gasteiger partial charge is 0.355 e. The Labute approximate surface area is 135 Å². The first-order valence-electron chi connectivity index (χ1n) is 6.09. The maximum Gasteiger partial charge on any atom is 0.408 e. The highest BCUT2D eigenvalue weighted by Gasteiger charge is 2.26. The van der Waals surface area contributed by atoms with Crippen LogP contribution >= 0.6 is 23.4 Å². The summed E-state index contributed by atoms with van der Waals surface area (Å²) in [6, 6.07) is 3.47. The van der Waals surface area contributed by atoms with Crippen LogP contribution in [0.1, 0.15) is 5.69 Å². The zero-order valence-electron chi connectivity index (χ0n) is 11.3. The molecular formula is C12H13ClF3N5S. The number of aromatic nitrogens is 1. The van der Waals surface area contributed by atoms with Crippen molar-refractivity contribution in [3.8, 4) is 6.19 Å². The molecule has 0 bridgehead atoms. The third-order valence-corrected chi connectivity index (χ3v) is 3.52. The zero-order valence-corrected chi connectivity index (χ0v) is 12.9. The lowest BCUT2D eigenvalue weighted by Crippen LogP contribution is -2.36. The first-order chi connectivity index (χ1) is 10.4. The number of guanidine groups is 1. The number of halogens is 4. The molecule has 0 amide bonds. The number of nitriles is 1. The third-order valence-electron chi connectivity index (χ3n) is 2.20. The SMILES string of the molecule is N#CNC(=NCC(F)(F)F)NCCSCc1ncccc1Cl. The lowest BCUT2D eigenvalue weighted by molar-refractivity contribution is -0.118. The Morgan fingerprint density at radius 1 is 1.50 bits per heavy atom. The summed E-state index contributed by atoms with van der Waals surface area (Å²) >= 11 is 7.46. The van der Waals surface area contributed by atoms with Crippen molar-refractivity contribution in [2.75, 3.05) is 18.8 Å². The molecule has 1 aromatic heterocycles. The van der Waals surface area contributed by atoms with Crippen molar-refractivity contribution in [3.63, 3.8) is 0 Å². The van der Waals surface area contributed by atoms with Crippen molar-refractivity contribution >= 4 is 29.3 Å². The second-order valence-corrected chi connectivity index (χ2v) is 5.44. The lowest BCUT2D eigenvalue weighted by Gasteiger charge is -2.09. The number of rotatable bonds is 6. The van der Waals surface area contributed by atoms with Gasteiger partial charge in [-0.1, -0.05) is 11.6 Å². The summed E-state index contributed by atoms with van der Waals surface area (Å²) in [5.41, 5.74) is 0.746. The van der Waals surface area contributed by atoms with Gasteiger partial charge in [0.05, 0.1) is 10.7 Å². The van der Waals surface area contributed by atoms with Gasteiger partial charge in [-0.2, -0.15) is 30.2 Å². The van der Waals surface area contributed by atoms with E-state index in [4.69, 9.17) is 16.9 Å². The average Bonchev–Trinajstić information content (AvgIpc) is 2.45. The summed E-state index contributed by atoms with van der Waals surface area (Å²) in [5, 5.41) is 13.7. The van der Waals surface area contributed by atoms with Crippen LogP contribution in [0.4, 0.5) is 13.2 Å². The maximum atomic E-state index is 12.1. The van der Waals surface area contributed by atoms with Crippen molar-refractivity contribution in [1.82, 2.24) is 15.6 Å². The highest BCUT2D eigenvalue weighted by molar-refractivity contribution is 7.98. The molecule has 0 aliphatic carbocycles. The Kier molecular flexibility index (Phi) is 7.84. The van der Waals surface area contributed by atoms with Crippen molar-refractivity contribution < 1.29 is 13.2 Å². The van der Waals surface area contributed by atoms with Crippen LogP contribution in [0.5, 0.6) is 0 Å². The van der Waals surface area contributed by atoms with E-state index in [1.807, 2.05) is 0 Å². The zero-order chi connectivity index (χ0) is 16.4. The number of nitrogens with one attached hydrogen (secondary N) is 2. The van der Waals surface area contributed by atoms with Crippen LogP contribution in [-0.2, 0) is 5.75 Å². The van der Waals surface area contributed by atoms with Crippen LogP contribution in [0, 0.1) is 11.5 Å². The standard InChI is InChI=1S/C12H13ClF3N5S/c13-9-2-1-3-18-10(9)6-22-5-4-19-11(21-8-17)20-7-12(14,15)16/h1-3H,4-7H2,(H2,19,20,21). The van der Waals surface area contributed by atoms with Gasteiger partial charge in [-0.3, -0.25) is 10.3 Å². The Hall–Kier alpha value is -1.66. The average molecular weight is 352 g/mol. The van der Waals surface area contributed by atoms with Crippen molar-refractivity contribution in [1.29, 1.82) is 5.26 Å². The predicted molar refractivity (Wildman–Crippen MR) is 80.5 cm³/mol. The van der Waals surface area contributed by atoms with E-state index in [1.165, 1.54) is 18.0 Å². The molecule has 22 heavy (non-hydrogen) atoms. The van der Waals surface area contributed by atoms with Crippen molar-refractivity contribution in [3.05, 3.63) is 29.0 Å². The van der Waals surface area contributed by atoms with Gasteiger partial charge >= 0.3 is 6.18 Å². The minimum atomic E-state index is -4.41. The number of aliphatic imine (C=N–C) groups is 1. The largest absolute Gasteiger partial charge is 0.408 e. The van der Waals surface area contributed by atoms with E-state index in [-0.39, 0.29) is 5.96 Å². The van der Waals surface area contributed by atoms with Gasteiger partial charge in [-0.05, 0) is 12.1 Å². The molecular weight excluding hydrogens is 339 g/mol. The Morgan fingerprint density at radius 2 is 2.27 bits per heavy atom. The van der Waals surface area contributed by atoms with Crippen LogP contribution in [0.25, 0.3) is 0 Å². The molecule has 0 aliphatic heterocycles. The maximum absolute atomic E-state index is 12.1. The molecule has 0 saturated carbocycles. The molecule has 0 spiro atoms. The summed E-state index contributed by atoms with van der Waals surface area (Å²) in [6.45, 7) is -0.999. The number of thioether (sulfide) groups is 1. The van der Waals surface area contributed by atoms with Crippen molar-refractivity contribution in [2.24, 2.45) is 4.99 Å². The molecule has 0 unspecified atom stereocenters. The lowest BCUT2D eigenvalue weighted by atomic mass is 10.4. The highest BCUT2D eigenvalue weighted by Crippen LogP contribution is 2.18. The third kappa shape index (κ3) is 7.95. The van der Waals surface area contributed by atoms with Gasteiger partial charge in [0.25, 0.3) is 0 Å². The van der Waals surface area contributed by atoms with Crippen LogP contribution in [0.3, 0.4) is 0 Å². The minimum Gasteiger partial charge on any atom is -0.355 e. The fraction of sp³-hybridized carbons (Fsp3) is 0.417. The van der Waals surface area contributed by atoms with Gasteiger partial charge < -0.3 is 5.32 Å². The quantitative estimate of drug-likeness (QED) is 0.271. The molecule has 0 fully saturated rings. The molecule has 10 heteroatoms. The van der Waals surface area contributed by atoms with Gasteiger partial charge in [0, 0.05) is 24.2 Å². The molecule has 120 valence electrons. The number of pyridine rings is 1. The molecule has 1 aromatic rings. The summed E-state index contributed by atoms with van der Waals surface area (Å²) in [7, 11) is 0. The van der Waals surface area contributed by atoms with E-state index >= 15 is 0 Å². The van der Waals surface area contributed by atoms with Gasteiger partial charge in [-0.25, -0.2) is 4.99 Å². The van der Waals surface area contributed by atoms with E-state index in [1.54, 1.807) is 18.3 Å². The van der Waals surface area contributed by atoms with Crippen LogP contribution in [0.15, 0.2) is 23.3 Å². The Morgan fingerprint density at radius 3 is 2.91 bits per heavy atom. The Bertz CT molecular complexity index is 544. The molecule has 1 rings (SSSR count). The van der Waals surface area contributed by atoms with Crippen LogP contribution < -0.4 is 10.6 Å². The monoisotopic (exact) mass is 351 g/mol. The summed E-state index contributed by atoms with van der Waals surface area (Å²) < 4.78 is 36.2. The molecule has 1 heterocycles. The first kappa shape index (κ1) is 18.4. The van der Waals surface area contributed by atoms with E-state index in [0.29, 0.717) is 23.1 Å². The molecule has 0 aromatic carbocycles. The fourth-order valence-electron chi connectivity index (χ4n) is 1.30. The topological polar surface area (TPSA) is 73.1 Å². The highest BCUT2D eigenvalue weighted by atomic mass is 35.5. The normalized spacial score (nSPS) is 11.9. The van der Waals surface area contributed by atoms with E-state index in [2.05, 4.69) is 20.6 Å². The van der Waals surface area contributed by atoms with Gasteiger partial charge in [0.2, 0.25) is 5.96 Å². The number of hydrogen-bond donors (Lipinski definition) is 2.